The number of anilines is 1. The molecule has 0 aliphatic carbocycles. The van der Waals surface area contributed by atoms with E-state index in [1.807, 2.05) is 6.92 Å². The van der Waals surface area contributed by atoms with Crippen molar-refractivity contribution >= 4 is 5.82 Å². The predicted molar refractivity (Wildman–Crippen MR) is 86.7 cm³/mol. The molecule has 0 amide bonds. The summed E-state index contributed by atoms with van der Waals surface area (Å²) in [7, 11) is 0. The summed E-state index contributed by atoms with van der Waals surface area (Å²) >= 11 is 0. The van der Waals surface area contributed by atoms with Gasteiger partial charge in [0.2, 0.25) is 0 Å². The highest BCUT2D eigenvalue weighted by molar-refractivity contribution is 5.58. The molecule has 0 atom stereocenters. The van der Waals surface area contributed by atoms with Crippen LogP contribution in [0.3, 0.4) is 0 Å². The number of hydrogen-bond acceptors (Lipinski definition) is 4. The van der Waals surface area contributed by atoms with E-state index in [9.17, 15) is 0 Å². The van der Waals surface area contributed by atoms with Gasteiger partial charge in [0.25, 0.3) is 0 Å². The fraction of sp³-hybridized carbons (Fsp3) is 0.412. The Morgan fingerprint density at radius 1 is 1.10 bits per heavy atom. The van der Waals surface area contributed by atoms with E-state index in [0.29, 0.717) is 0 Å². The number of aromatic nitrogens is 2. The van der Waals surface area contributed by atoms with Crippen molar-refractivity contribution < 1.29 is 0 Å². The third kappa shape index (κ3) is 3.22. The Balaban J connectivity index is 1.92. The molecule has 4 nitrogen and oxygen atoms in total. The van der Waals surface area contributed by atoms with Gasteiger partial charge in [-0.1, -0.05) is 31.2 Å². The molecule has 21 heavy (non-hydrogen) atoms. The molecule has 0 unspecified atom stereocenters. The second-order valence-electron chi connectivity index (χ2n) is 5.48. The lowest BCUT2D eigenvalue weighted by atomic mass is 10.1. The standard InChI is InChI=1S/C17H22N4/c1-3-14-4-6-15(7-5-14)17-19-13(2)12-16(20-17)21-10-8-18-9-11-21/h4-7,12,18H,3,8-11H2,1-2H3. The highest BCUT2D eigenvalue weighted by Gasteiger charge is 2.14. The van der Waals surface area contributed by atoms with Crippen LogP contribution in [0.1, 0.15) is 18.2 Å². The van der Waals surface area contributed by atoms with E-state index in [2.05, 4.69) is 52.5 Å². The van der Waals surface area contributed by atoms with Gasteiger partial charge in [0.05, 0.1) is 0 Å². The molecule has 1 fully saturated rings. The van der Waals surface area contributed by atoms with Crippen molar-refractivity contribution in [1.82, 2.24) is 15.3 Å². The van der Waals surface area contributed by atoms with Gasteiger partial charge in [-0.3, -0.25) is 0 Å². The summed E-state index contributed by atoms with van der Waals surface area (Å²) in [5, 5.41) is 3.37. The smallest absolute Gasteiger partial charge is 0.161 e. The molecule has 2 heterocycles. The average molecular weight is 282 g/mol. The second-order valence-corrected chi connectivity index (χ2v) is 5.48. The first-order valence-electron chi connectivity index (χ1n) is 7.67. The minimum atomic E-state index is 0.825. The Bertz CT molecular complexity index is 601. The maximum absolute atomic E-state index is 4.77. The molecule has 1 saturated heterocycles. The topological polar surface area (TPSA) is 41.1 Å². The quantitative estimate of drug-likeness (QED) is 0.938. The van der Waals surface area contributed by atoms with E-state index in [0.717, 1.165) is 55.5 Å². The summed E-state index contributed by atoms with van der Waals surface area (Å²) in [6.45, 7) is 8.25. The van der Waals surface area contributed by atoms with Gasteiger partial charge in [-0.05, 0) is 18.9 Å². The molecule has 0 saturated carbocycles. The lowest BCUT2D eigenvalue weighted by Crippen LogP contribution is -2.44. The van der Waals surface area contributed by atoms with Crippen LogP contribution in [0.2, 0.25) is 0 Å². The van der Waals surface area contributed by atoms with Gasteiger partial charge < -0.3 is 10.2 Å². The fourth-order valence-electron chi connectivity index (χ4n) is 2.63. The Labute approximate surface area is 126 Å². The largest absolute Gasteiger partial charge is 0.354 e. The molecule has 0 bridgehead atoms. The van der Waals surface area contributed by atoms with Crippen molar-refractivity contribution in [3.05, 3.63) is 41.6 Å². The van der Waals surface area contributed by atoms with Crippen molar-refractivity contribution in [2.45, 2.75) is 20.3 Å². The van der Waals surface area contributed by atoms with E-state index in [-0.39, 0.29) is 0 Å². The zero-order valence-electron chi connectivity index (χ0n) is 12.8. The number of rotatable bonds is 3. The normalized spacial score (nSPS) is 15.2. The average Bonchev–Trinajstić information content (AvgIpc) is 2.55. The lowest BCUT2D eigenvalue weighted by molar-refractivity contribution is 0.584. The van der Waals surface area contributed by atoms with E-state index >= 15 is 0 Å². The molecule has 1 N–H and O–H groups in total. The minimum absolute atomic E-state index is 0.825. The number of nitrogens with zero attached hydrogens (tertiary/aromatic N) is 3. The summed E-state index contributed by atoms with van der Waals surface area (Å²) in [6.07, 6.45) is 1.06. The highest BCUT2D eigenvalue weighted by atomic mass is 15.2. The zero-order valence-corrected chi connectivity index (χ0v) is 12.8. The Morgan fingerprint density at radius 2 is 1.81 bits per heavy atom. The van der Waals surface area contributed by atoms with Crippen LogP contribution in [0.5, 0.6) is 0 Å². The van der Waals surface area contributed by atoms with Crippen LogP contribution < -0.4 is 10.2 Å². The molecule has 3 rings (SSSR count). The van der Waals surface area contributed by atoms with Gasteiger partial charge >= 0.3 is 0 Å². The van der Waals surface area contributed by atoms with Crippen LogP contribution in [0, 0.1) is 6.92 Å². The van der Waals surface area contributed by atoms with E-state index in [4.69, 9.17) is 4.98 Å². The molecule has 2 aromatic rings. The first-order valence-corrected chi connectivity index (χ1v) is 7.67. The summed E-state index contributed by atoms with van der Waals surface area (Å²) < 4.78 is 0. The summed E-state index contributed by atoms with van der Waals surface area (Å²) in [4.78, 5) is 11.7. The highest BCUT2D eigenvalue weighted by Crippen LogP contribution is 2.21. The first kappa shape index (κ1) is 14.0. The van der Waals surface area contributed by atoms with Crippen molar-refractivity contribution in [3.8, 4) is 11.4 Å². The number of piperazine rings is 1. The fourth-order valence-corrected chi connectivity index (χ4v) is 2.63. The molecule has 0 radical (unpaired) electrons. The van der Waals surface area contributed by atoms with Gasteiger partial charge in [0.15, 0.2) is 5.82 Å². The number of hydrogen-bond donors (Lipinski definition) is 1. The number of benzene rings is 1. The Hall–Kier alpha value is -1.94. The summed E-state index contributed by atoms with van der Waals surface area (Å²) in [5.74, 6) is 1.87. The van der Waals surface area contributed by atoms with Crippen LogP contribution in [0.15, 0.2) is 30.3 Å². The second kappa shape index (κ2) is 6.22. The molecule has 0 spiro atoms. The van der Waals surface area contributed by atoms with Gasteiger partial charge in [-0.15, -0.1) is 0 Å². The maximum Gasteiger partial charge on any atom is 0.161 e. The molecule has 1 aliphatic heterocycles. The van der Waals surface area contributed by atoms with E-state index < -0.39 is 0 Å². The first-order chi connectivity index (χ1) is 10.3. The van der Waals surface area contributed by atoms with Crippen molar-refractivity contribution in [3.63, 3.8) is 0 Å². The molecule has 4 heteroatoms. The van der Waals surface area contributed by atoms with Crippen LogP contribution in [-0.4, -0.2) is 36.1 Å². The van der Waals surface area contributed by atoms with Crippen molar-refractivity contribution in [2.24, 2.45) is 0 Å². The minimum Gasteiger partial charge on any atom is -0.354 e. The molecule has 1 aromatic carbocycles. The van der Waals surface area contributed by atoms with Crippen LogP contribution in [0.25, 0.3) is 11.4 Å². The summed E-state index contributed by atoms with van der Waals surface area (Å²) in [6, 6.07) is 10.6. The van der Waals surface area contributed by atoms with E-state index in [1.54, 1.807) is 0 Å². The zero-order chi connectivity index (χ0) is 14.7. The van der Waals surface area contributed by atoms with Crippen LogP contribution in [0.4, 0.5) is 5.82 Å². The molecule has 1 aromatic heterocycles. The lowest BCUT2D eigenvalue weighted by Gasteiger charge is -2.28. The number of nitrogens with one attached hydrogen (secondary N) is 1. The van der Waals surface area contributed by atoms with Gasteiger partial charge in [-0.25, -0.2) is 9.97 Å². The molecule has 1 aliphatic rings. The van der Waals surface area contributed by atoms with Crippen molar-refractivity contribution in [1.29, 1.82) is 0 Å². The predicted octanol–water partition coefficient (Wildman–Crippen LogP) is 2.42. The maximum atomic E-state index is 4.77. The van der Waals surface area contributed by atoms with Crippen LogP contribution >= 0.6 is 0 Å². The Morgan fingerprint density at radius 3 is 2.48 bits per heavy atom. The SMILES string of the molecule is CCc1ccc(-c2nc(C)cc(N3CCNCC3)n2)cc1. The number of aryl methyl sites for hydroxylation is 2. The van der Waals surface area contributed by atoms with Gasteiger partial charge in [0.1, 0.15) is 5.82 Å². The van der Waals surface area contributed by atoms with E-state index in [1.165, 1.54) is 5.56 Å². The van der Waals surface area contributed by atoms with Crippen LogP contribution in [-0.2, 0) is 6.42 Å². The molecular formula is C17H22N4. The van der Waals surface area contributed by atoms with Crippen molar-refractivity contribution in [2.75, 3.05) is 31.1 Å². The monoisotopic (exact) mass is 282 g/mol. The molecular weight excluding hydrogens is 260 g/mol. The molecule has 110 valence electrons. The summed E-state index contributed by atoms with van der Waals surface area (Å²) in [5.41, 5.74) is 3.45. The Kier molecular flexibility index (Phi) is 4.15. The van der Waals surface area contributed by atoms with Gasteiger partial charge in [0, 0.05) is 43.5 Å². The third-order valence-corrected chi connectivity index (χ3v) is 3.90. The van der Waals surface area contributed by atoms with Gasteiger partial charge in [-0.2, -0.15) is 0 Å². The third-order valence-electron chi connectivity index (χ3n) is 3.90.